The van der Waals surface area contributed by atoms with Crippen LogP contribution in [0.4, 0.5) is 0 Å². The van der Waals surface area contributed by atoms with Gasteiger partial charge in [0.15, 0.2) is 17.3 Å². The van der Waals surface area contributed by atoms with Crippen LogP contribution in [0.25, 0.3) is 22.3 Å². The Kier molecular flexibility index (Phi) is 10.3. The van der Waals surface area contributed by atoms with Crippen molar-refractivity contribution >= 4 is 11.0 Å². The van der Waals surface area contributed by atoms with Gasteiger partial charge in [0.1, 0.15) is 71.3 Å². The summed E-state index contributed by atoms with van der Waals surface area (Å²) in [5, 5.41) is 92.8. The fraction of sp³-hybridized carbons (Fsp3) is 0.325. The normalized spacial score (nSPS) is 29.3. The Morgan fingerprint density at radius 2 is 1.16 bits per heavy atom. The van der Waals surface area contributed by atoms with Gasteiger partial charge in [-0.3, -0.25) is 4.79 Å². The molecule has 57 heavy (non-hydrogen) atoms. The predicted molar refractivity (Wildman–Crippen MR) is 193 cm³/mol. The summed E-state index contributed by atoms with van der Waals surface area (Å²) in [6.07, 6.45) is -16.9. The van der Waals surface area contributed by atoms with Crippen molar-refractivity contribution in [1.29, 1.82) is 0 Å². The molecule has 0 saturated carbocycles. The van der Waals surface area contributed by atoms with Gasteiger partial charge in [-0.2, -0.15) is 0 Å². The summed E-state index contributed by atoms with van der Waals surface area (Å²) in [4.78, 5) is 14.3. The van der Waals surface area contributed by atoms with Gasteiger partial charge in [0.2, 0.25) is 23.8 Å². The highest BCUT2D eigenvalue weighted by molar-refractivity contribution is 5.88. The zero-order valence-electron chi connectivity index (χ0n) is 29.6. The SMILES string of the molecule is O=c1c(O[C@@H]2O[C@H](CO)[C@H](O)[C@H](O)[C@H]2O)c(-c2ccc3c(c2)OC(c2ccccc2)(c2ccccc2)O3)oc2cc(O[C@@H]3O[C@H](CO)[C@H](O)[C@H](O)[C@H]3O)cc(O)c12. The quantitative estimate of drug-likeness (QED) is 0.0965. The molecule has 4 heterocycles. The first-order valence-electron chi connectivity index (χ1n) is 17.9. The van der Waals surface area contributed by atoms with Crippen molar-refractivity contribution in [1.82, 2.24) is 0 Å². The molecule has 10 atom stereocenters. The lowest BCUT2D eigenvalue weighted by atomic mass is 9.97. The molecule has 9 N–H and O–H groups in total. The molecule has 0 bridgehead atoms. The predicted octanol–water partition coefficient (Wildman–Crippen LogP) is 0.195. The monoisotopic (exact) mass is 790 g/mol. The van der Waals surface area contributed by atoms with Crippen molar-refractivity contribution in [3.05, 3.63) is 112 Å². The smallest absolute Gasteiger partial charge is 0.305 e. The third-order valence-corrected chi connectivity index (χ3v) is 10.1. The lowest BCUT2D eigenvalue weighted by Gasteiger charge is -2.39. The second-order valence-corrected chi connectivity index (χ2v) is 13.7. The first-order valence-corrected chi connectivity index (χ1v) is 17.9. The molecule has 2 fully saturated rings. The summed E-state index contributed by atoms with van der Waals surface area (Å²) in [6.45, 7) is -1.51. The van der Waals surface area contributed by atoms with Gasteiger partial charge in [0.05, 0.1) is 13.2 Å². The maximum atomic E-state index is 14.3. The molecule has 0 spiro atoms. The first kappa shape index (κ1) is 38.6. The molecule has 0 aliphatic carbocycles. The zero-order chi connectivity index (χ0) is 40.2. The van der Waals surface area contributed by atoms with E-state index in [9.17, 15) is 50.8 Å². The van der Waals surface area contributed by atoms with Crippen LogP contribution < -0.4 is 24.4 Å². The van der Waals surface area contributed by atoms with Crippen molar-refractivity contribution in [2.45, 2.75) is 67.2 Å². The average Bonchev–Trinajstić information content (AvgIpc) is 3.63. The number of rotatable bonds is 9. The van der Waals surface area contributed by atoms with E-state index in [4.69, 9.17) is 32.8 Å². The molecule has 17 nitrogen and oxygen atoms in total. The molecule has 0 unspecified atom stereocenters. The fourth-order valence-corrected chi connectivity index (χ4v) is 7.06. The summed E-state index contributed by atoms with van der Waals surface area (Å²) in [5.41, 5.74) is 0.185. The van der Waals surface area contributed by atoms with Crippen LogP contribution >= 0.6 is 0 Å². The van der Waals surface area contributed by atoms with Crippen molar-refractivity contribution in [2.24, 2.45) is 0 Å². The summed E-state index contributed by atoms with van der Waals surface area (Å²) in [7, 11) is 0. The van der Waals surface area contributed by atoms with Crippen molar-refractivity contribution in [2.75, 3.05) is 13.2 Å². The van der Waals surface area contributed by atoms with E-state index in [-0.39, 0.29) is 28.4 Å². The van der Waals surface area contributed by atoms with Crippen LogP contribution in [0.1, 0.15) is 11.1 Å². The van der Waals surface area contributed by atoms with Gasteiger partial charge in [0.25, 0.3) is 0 Å². The highest BCUT2D eigenvalue weighted by Crippen LogP contribution is 2.50. The van der Waals surface area contributed by atoms with Gasteiger partial charge < -0.3 is 78.8 Å². The lowest BCUT2D eigenvalue weighted by molar-refractivity contribution is -0.277. The second kappa shape index (κ2) is 15.2. The largest absolute Gasteiger partial charge is 0.507 e. The third kappa shape index (κ3) is 6.72. The van der Waals surface area contributed by atoms with E-state index in [0.717, 1.165) is 6.07 Å². The number of fused-ring (bicyclic) bond motifs is 2. The van der Waals surface area contributed by atoms with Gasteiger partial charge in [-0.1, -0.05) is 60.7 Å². The van der Waals surface area contributed by atoms with Gasteiger partial charge in [0, 0.05) is 28.8 Å². The van der Waals surface area contributed by atoms with Crippen LogP contribution in [0.15, 0.2) is 100 Å². The van der Waals surface area contributed by atoms with Gasteiger partial charge >= 0.3 is 5.79 Å². The Bertz CT molecular complexity index is 2240. The van der Waals surface area contributed by atoms with Crippen molar-refractivity contribution < 1.29 is 78.8 Å². The average molecular weight is 791 g/mol. The minimum atomic E-state index is -1.93. The summed E-state index contributed by atoms with van der Waals surface area (Å²) in [6, 6.07) is 25.1. The Morgan fingerprint density at radius 3 is 1.72 bits per heavy atom. The fourth-order valence-electron chi connectivity index (χ4n) is 7.06. The maximum absolute atomic E-state index is 14.3. The molecule has 4 aromatic carbocycles. The molecule has 0 amide bonds. The molecular weight excluding hydrogens is 752 g/mol. The number of phenolic OH excluding ortho intramolecular Hbond substituents is 1. The molecule has 0 radical (unpaired) electrons. The number of ether oxygens (including phenoxy) is 6. The van der Waals surface area contributed by atoms with E-state index in [1.807, 2.05) is 60.7 Å². The minimum Gasteiger partial charge on any atom is -0.507 e. The van der Waals surface area contributed by atoms with Crippen LogP contribution in [0.5, 0.6) is 28.7 Å². The Hall–Kier alpha value is -5.31. The van der Waals surface area contributed by atoms with E-state index < -0.39 is 103 Å². The first-order chi connectivity index (χ1) is 27.4. The van der Waals surface area contributed by atoms with Crippen LogP contribution in [-0.4, -0.2) is 121 Å². The Labute approximate surface area is 322 Å². The van der Waals surface area contributed by atoms with Gasteiger partial charge in [-0.25, -0.2) is 0 Å². The van der Waals surface area contributed by atoms with Crippen LogP contribution in [0, 0.1) is 0 Å². The molecule has 17 heteroatoms. The molecule has 3 aliphatic heterocycles. The van der Waals surface area contributed by atoms with Gasteiger partial charge in [-0.15, -0.1) is 0 Å². The molecule has 8 rings (SSSR count). The number of phenols is 1. The third-order valence-electron chi connectivity index (χ3n) is 10.1. The zero-order valence-corrected chi connectivity index (χ0v) is 29.6. The van der Waals surface area contributed by atoms with Crippen LogP contribution in [0.3, 0.4) is 0 Å². The number of hydrogen-bond acceptors (Lipinski definition) is 17. The molecule has 5 aromatic rings. The summed E-state index contributed by atoms with van der Waals surface area (Å²) in [5.74, 6) is -2.78. The Balaban J connectivity index is 1.24. The van der Waals surface area contributed by atoms with Crippen LogP contribution in [-0.2, 0) is 15.3 Å². The highest BCUT2D eigenvalue weighted by Gasteiger charge is 2.48. The molecule has 3 aliphatic rings. The van der Waals surface area contributed by atoms with Crippen molar-refractivity contribution in [3.63, 3.8) is 0 Å². The standard InChI is InChI=1S/C40H38O17/c41-16-26-29(44)32(47)34(49)38(53-26)51-21-14-22(43)28-25(15-21)52-36(37(31(28)46)55-39-35(50)33(48)30(45)27(17-42)54-39)18-11-12-23-24(13-18)57-40(56-23,19-7-3-1-4-8-19)20-9-5-2-6-10-20/h1-15,26-27,29-30,32-35,38-39,41-45,47-50H,16-17H2/t26-,27-,29+,30+,32+,33+,34-,35-,38-,39+/m1/s1. The summed E-state index contributed by atoms with van der Waals surface area (Å²) >= 11 is 0. The van der Waals surface area contributed by atoms with Gasteiger partial charge in [-0.05, 0) is 18.2 Å². The Morgan fingerprint density at radius 1 is 0.614 bits per heavy atom. The molecular formula is C40H38O17. The second-order valence-electron chi connectivity index (χ2n) is 13.7. The number of aliphatic hydroxyl groups excluding tert-OH is 8. The summed E-state index contributed by atoms with van der Waals surface area (Å²) < 4.78 is 41.9. The van der Waals surface area contributed by atoms with Crippen molar-refractivity contribution in [3.8, 4) is 40.1 Å². The van der Waals surface area contributed by atoms with E-state index in [1.54, 1.807) is 6.07 Å². The number of benzene rings is 4. The van der Waals surface area contributed by atoms with E-state index in [0.29, 0.717) is 16.9 Å². The molecule has 1 aromatic heterocycles. The lowest BCUT2D eigenvalue weighted by Crippen LogP contribution is -2.60. The number of aromatic hydroxyl groups is 1. The molecule has 2 saturated heterocycles. The van der Waals surface area contributed by atoms with Crippen LogP contribution in [0.2, 0.25) is 0 Å². The van der Waals surface area contributed by atoms with E-state index in [1.165, 1.54) is 18.2 Å². The highest BCUT2D eigenvalue weighted by atomic mass is 16.7. The van der Waals surface area contributed by atoms with E-state index >= 15 is 0 Å². The number of hydrogen-bond donors (Lipinski definition) is 9. The molecule has 300 valence electrons. The van der Waals surface area contributed by atoms with E-state index in [2.05, 4.69) is 0 Å². The minimum absolute atomic E-state index is 0.146. The topological polar surface area (TPSA) is 268 Å². The maximum Gasteiger partial charge on any atom is 0.305 e. The number of aliphatic hydroxyl groups is 8.